The summed E-state index contributed by atoms with van der Waals surface area (Å²) in [6, 6.07) is 0. The van der Waals surface area contributed by atoms with Crippen LogP contribution in [0.2, 0.25) is 0 Å². The minimum absolute atomic E-state index is 0.0995. The van der Waals surface area contributed by atoms with Crippen molar-refractivity contribution in [3.05, 3.63) is 23.0 Å². The molecule has 0 atom stereocenters. The first-order chi connectivity index (χ1) is 4.75. The number of allylic oxidation sites excluding steroid dienone is 4. The van der Waals surface area contributed by atoms with E-state index >= 15 is 0 Å². The Bertz CT molecular complexity index is 187. The molecular weight excluding hydrogens is 127 g/mol. The normalized spacial score (nSPS) is 19.3. The smallest absolute Gasteiger partial charge is 0.104 e. The lowest BCUT2D eigenvalue weighted by atomic mass is 9.96. The van der Waals surface area contributed by atoms with E-state index in [0.29, 0.717) is 6.42 Å². The van der Waals surface area contributed by atoms with Crippen molar-refractivity contribution in [2.45, 2.75) is 33.1 Å². The fraction of sp³-hybridized carbons (Fsp3) is 0.556. The molecule has 0 N–H and O–H groups in total. The molecule has 0 aromatic heterocycles. The lowest BCUT2D eigenvalue weighted by molar-refractivity contribution is 0.569. The fourth-order valence-corrected chi connectivity index (χ4v) is 1.37. The van der Waals surface area contributed by atoms with Gasteiger partial charge in [-0.2, -0.15) is 0 Å². The van der Waals surface area contributed by atoms with Gasteiger partial charge in [-0.05, 0) is 30.9 Å². The maximum absolute atomic E-state index is 12.9. The Hall–Kier alpha value is -0.590. The largest absolute Gasteiger partial charge is 0.212 e. The third-order valence-corrected chi connectivity index (χ3v) is 1.97. The van der Waals surface area contributed by atoms with Crippen LogP contribution < -0.4 is 0 Å². The molecule has 0 aliphatic heterocycles. The Morgan fingerprint density at radius 2 is 2.30 bits per heavy atom. The van der Waals surface area contributed by atoms with E-state index < -0.39 is 0 Å². The van der Waals surface area contributed by atoms with Crippen molar-refractivity contribution < 1.29 is 4.39 Å². The van der Waals surface area contributed by atoms with E-state index in [1.807, 2.05) is 13.8 Å². The van der Waals surface area contributed by atoms with Crippen LogP contribution in [0.5, 0.6) is 0 Å². The fourth-order valence-electron chi connectivity index (χ4n) is 1.37. The summed E-state index contributed by atoms with van der Waals surface area (Å²) in [6.45, 7) is 3.98. The number of halogens is 1. The van der Waals surface area contributed by atoms with Crippen LogP contribution in [0.1, 0.15) is 33.1 Å². The van der Waals surface area contributed by atoms with E-state index in [1.165, 1.54) is 0 Å². The zero-order chi connectivity index (χ0) is 7.56. The van der Waals surface area contributed by atoms with Crippen molar-refractivity contribution in [2.24, 2.45) is 0 Å². The standard InChI is InChI=1S/C9H13F/c1-3-8-7(2)5-4-6-9(8)10/h5H,3-4,6H2,1-2H3. The first-order valence-electron chi connectivity index (χ1n) is 3.80. The predicted octanol–water partition coefficient (Wildman–Crippen LogP) is 3.36. The van der Waals surface area contributed by atoms with Crippen LogP contribution in [0.4, 0.5) is 4.39 Å². The van der Waals surface area contributed by atoms with Gasteiger partial charge in [0.25, 0.3) is 0 Å². The number of rotatable bonds is 1. The molecule has 0 unspecified atom stereocenters. The second kappa shape index (κ2) is 3.00. The Morgan fingerprint density at radius 1 is 1.60 bits per heavy atom. The van der Waals surface area contributed by atoms with Crippen LogP contribution in [-0.2, 0) is 0 Å². The van der Waals surface area contributed by atoms with Crippen molar-refractivity contribution in [3.63, 3.8) is 0 Å². The summed E-state index contributed by atoms with van der Waals surface area (Å²) in [6.07, 6.45) is 4.43. The molecule has 0 fully saturated rings. The van der Waals surface area contributed by atoms with Crippen molar-refractivity contribution in [3.8, 4) is 0 Å². The van der Waals surface area contributed by atoms with Gasteiger partial charge < -0.3 is 0 Å². The SMILES string of the molecule is CCC1=C(F)CCC=C1C. The molecule has 1 aliphatic carbocycles. The van der Waals surface area contributed by atoms with Crippen LogP contribution in [-0.4, -0.2) is 0 Å². The second-order valence-corrected chi connectivity index (χ2v) is 2.66. The molecule has 0 saturated heterocycles. The Morgan fingerprint density at radius 3 is 2.70 bits per heavy atom. The van der Waals surface area contributed by atoms with E-state index in [9.17, 15) is 4.39 Å². The monoisotopic (exact) mass is 140 g/mol. The van der Waals surface area contributed by atoms with E-state index in [1.54, 1.807) is 0 Å². The van der Waals surface area contributed by atoms with Gasteiger partial charge in [-0.25, -0.2) is 4.39 Å². The molecule has 1 rings (SSSR count). The summed E-state index contributed by atoms with van der Waals surface area (Å²) in [5, 5.41) is 0. The van der Waals surface area contributed by atoms with E-state index in [-0.39, 0.29) is 5.83 Å². The Kier molecular flexibility index (Phi) is 2.25. The summed E-state index contributed by atoms with van der Waals surface area (Å²) in [5.74, 6) is 0.0995. The topological polar surface area (TPSA) is 0 Å². The average Bonchev–Trinajstić information content (AvgIpc) is 1.88. The van der Waals surface area contributed by atoms with Gasteiger partial charge in [0.15, 0.2) is 0 Å². The average molecular weight is 140 g/mol. The summed E-state index contributed by atoms with van der Waals surface area (Å²) in [7, 11) is 0. The van der Waals surface area contributed by atoms with Gasteiger partial charge in [-0.3, -0.25) is 0 Å². The van der Waals surface area contributed by atoms with Crippen molar-refractivity contribution in [1.82, 2.24) is 0 Å². The highest BCUT2D eigenvalue weighted by atomic mass is 19.1. The van der Waals surface area contributed by atoms with Gasteiger partial charge in [0.05, 0.1) is 0 Å². The molecule has 0 aromatic rings. The molecule has 0 aromatic carbocycles. The van der Waals surface area contributed by atoms with Gasteiger partial charge >= 0.3 is 0 Å². The Labute approximate surface area is 61.4 Å². The lowest BCUT2D eigenvalue weighted by Crippen LogP contribution is -1.94. The number of hydrogen-bond donors (Lipinski definition) is 0. The molecule has 10 heavy (non-hydrogen) atoms. The third kappa shape index (κ3) is 1.28. The maximum atomic E-state index is 12.9. The van der Waals surface area contributed by atoms with Crippen molar-refractivity contribution >= 4 is 0 Å². The van der Waals surface area contributed by atoms with Gasteiger partial charge in [-0.1, -0.05) is 13.0 Å². The summed E-state index contributed by atoms with van der Waals surface area (Å²) >= 11 is 0. The molecular formula is C9H13F. The molecule has 0 bridgehead atoms. The highest BCUT2D eigenvalue weighted by molar-refractivity contribution is 5.34. The van der Waals surface area contributed by atoms with Gasteiger partial charge in [-0.15, -0.1) is 0 Å². The molecule has 0 radical (unpaired) electrons. The van der Waals surface area contributed by atoms with Crippen LogP contribution in [0.25, 0.3) is 0 Å². The molecule has 0 nitrogen and oxygen atoms in total. The summed E-state index contributed by atoms with van der Waals surface area (Å²) < 4.78 is 12.9. The predicted molar refractivity (Wildman–Crippen MR) is 41.4 cm³/mol. The van der Waals surface area contributed by atoms with E-state index in [2.05, 4.69) is 6.08 Å². The molecule has 0 heterocycles. The Balaban J connectivity index is 2.87. The minimum Gasteiger partial charge on any atom is -0.212 e. The lowest BCUT2D eigenvalue weighted by Gasteiger charge is -2.12. The quantitative estimate of drug-likeness (QED) is 0.524. The molecule has 0 saturated carbocycles. The van der Waals surface area contributed by atoms with Crippen molar-refractivity contribution in [2.75, 3.05) is 0 Å². The first-order valence-corrected chi connectivity index (χ1v) is 3.80. The summed E-state index contributed by atoms with van der Waals surface area (Å²) in [5.41, 5.74) is 2.05. The highest BCUT2D eigenvalue weighted by Gasteiger charge is 2.09. The van der Waals surface area contributed by atoms with E-state index in [0.717, 1.165) is 24.0 Å². The van der Waals surface area contributed by atoms with Crippen LogP contribution >= 0.6 is 0 Å². The molecule has 0 amide bonds. The number of hydrogen-bond acceptors (Lipinski definition) is 0. The van der Waals surface area contributed by atoms with Gasteiger partial charge in [0, 0.05) is 6.42 Å². The van der Waals surface area contributed by atoms with Gasteiger partial charge in [0.2, 0.25) is 0 Å². The van der Waals surface area contributed by atoms with Crippen LogP contribution in [0, 0.1) is 0 Å². The van der Waals surface area contributed by atoms with Crippen LogP contribution in [0.15, 0.2) is 23.0 Å². The molecule has 1 aliphatic rings. The highest BCUT2D eigenvalue weighted by Crippen LogP contribution is 2.27. The zero-order valence-electron chi connectivity index (χ0n) is 6.58. The molecule has 0 spiro atoms. The third-order valence-electron chi connectivity index (χ3n) is 1.97. The van der Waals surface area contributed by atoms with Crippen molar-refractivity contribution in [1.29, 1.82) is 0 Å². The first kappa shape index (κ1) is 7.52. The second-order valence-electron chi connectivity index (χ2n) is 2.66. The zero-order valence-corrected chi connectivity index (χ0v) is 6.58. The maximum Gasteiger partial charge on any atom is 0.104 e. The van der Waals surface area contributed by atoms with E-state index in [4.69, 9.17) is 0 Å². The van der Waals surface area contributed by atoms with Crippen LogP contribution in [0.3, 0.4) is 0 Å². The minimum atomic E-state index is 0.0995. The summed E-state index contributed by atoms with van der Waals surface area (Å²) in [4.78, 5) is 0. The van der Waals surface area contributed by atoms with Gasteiger partial charge in [0.1, 0.15) is 5.83 Å². The molecule has 56 valence electrons. The molecule has 1 heteroatoms.